The molecule has 2 aromatic rings. The van der Waals surface area contributed by atoms with Gasteiger partial charge in [0.2, 0.25) is 0 Å². The number of hydrogen-bond donors (Lipinski definition) is 0. The first-order chi connectivity index (χ1) is 9.31. The van der Waals surface area contributed by atoms with Gasteiger partial charge in [-0.15, -0.1) is 0 Å². The molecular weight excluding hydrogens is 323 g/mol. The minimum atomic E-state index is -1.39. The molecule has 0 aliphatic rings. The zero-order valence-corrected chi connectivity index (χ0v) is 13.2. The predicted octanol–water partition coefficient (Wildman–Crippen LogP) is 3.07. The summed E-state index contributed by atoms with van der Waals surface area (Å²) in [6.45, 7) is 0. The average Bonchev–Trinajstić information content (AvgIpc) is 2.49. The first-order valence-electron chi connectivity index (χ1n) is 5.68. The summed E-state index contributed by atoms with van der Waals surface area (Å²) in [5.41, 5.74) is 0. The van der Waals surface area contributed by atoms with Gasteiger partial charge in [0, 0.05) is 0 Å². The molecule has 0 aliphatic carbocycles. The number of hydrogen-bond acceptors (Lipinski definition) is 4. The summed E-state index contributed by atoms with van der Waals surface area (Å²) < 4.78 is 21.4. The van der Waals surface area contributed by atoms with Gasteiger partial charge in [0.05, 0.1) is 0 Å². The van der Waals surface area contributed by atoms with Crippen LogP contribution in [0.4, 0.5) is 0 Å². The second-order valence-electron chi connectivity index (χ2n) is 3.64. The normalized spacial score (nSPS) is 9.58. The van der Waals surface area contributed by atoms with E-state index in [1.807, 2.05) is 48.5 Å². The van der Waals surface area contributed by atoms with Crippen LogP contribution in [0.15, 0.2) is 48.5 Å². The molecular formula is C14H14O4Zr. The Bertz CT molecular complexity index is 448. The van der Waals surface area contributed by atoms with E-state index in [-0.39, 0.29) is 0 Å². The van der Waals surface area contributed by atoms with Crippen LogP contribution in [0.1, 0.15) is 0 Å². The van der Waals surface area contributed by atoms with E-state index in [9.17, 15) is 0 Å². The molecule has 0 fully saturated rings. The van der Waals surface area contributed by atoms with E-state index < -0.39 is 24.1 Å². The van der Waals surface area contributed by atoms with Crippen molar-refractivity contribution in [3.05, 3.63) is 48.5 Å². The van der Waals surface area contributed by atoms with E-state index in [0.29, 0.717) is 0 Å². The SMILES string of the molecule is COc1ccc([O][Zr][O]c2ccc(OC)cc2)cc1. The van der Waals surface area contributed by atoms with Crippen molar-refractivity contribution < 1.29 is 39.2 Å². The second kappa shape index (κ2) is 7.20. The molecule has 0 amide bonds. The standard InChI is InChI=1S/2C7H8O2.Zr/c2*1-9-7-4-2-6(8)3-5-7;/h2*2-5,8H,1H3;/q;;+2/p-2. The van der Waals surface area contributed by atoms with Crippen LogP contribution in [0.2, 0.25) is 0 Å². The van der Waals surface area contributed by atoms with Gasteiger partial charge in [-0.05, 0) is 0 Å². The van der Waals surface area contributed by atoms with Crippen molar-refractivity contribution in [3.8, 4) is 23.0 Å². The van der Waals surface area contributed by atoms with Crippen molar-refractivity contribution in [2.75, 3.05) is 14.2 Å². The molecule has 0 aromatic heterocycles. The Balaban J connectivity index is 1.81. The van der Waals surface area contributed by atoms with Crippen molar-refractivity contribution in [2.24, 2.45) is 0 Å². The Morgan fingerprint density at radius 2 is 0.895 bits per heavy atom. The van der Waals surface area contributed by atoms with Crippen molar-refractivity contribution >= 4 is 0 Å². The van der Waals surface area contributed by atoms with Crippen molar-refractivity contribution in [1.82, 2.24) is 0 Å². The fraction of sp³-hybridized carbons (Fsp3) is 0.143. The molecule has 19 heavy (non-hydrogen) atoms. The van der Waals surface area contributed by atoms with Crippen LogP contribution in [0, 0.1) is 0 Å². The van der Waals surface area contributed by atoms with Gasteiger partial charge in [-0.2, -0.15) is 0 Å². The summed E-state index contributed by atoms with van der Waals surface area (Å²) in [6.07, 6.45) is 0. The Hall–Kier alpha value is -1.48. The summed E-state index contributed by atoms with van der Waals surface area (Å²) in [6, 6.07) is 14.9. The van der Waals surface area contributed by atoms with Gasteiger partial charge in [-0.3, -0.25) is 0 Å². The molecule has 0 bridgehead atoms. The second-order valence-corrected chi connectivity index (χ2v) is 5.05. The molecule has 0 heterocycles. The molecule has 0 saturated heterocycles. The van der Waals surface area contributed by atoms with Gasteiger partial charge in [0.1, 0.15) is 0 Å². The van der Waals surface area contributed by atoms with E-state index >= 15 is 0 Å². The number of ether oxygens (including phenoxy) is 2. The van der Waals surface area contributed by atoms with Gasteiger partial charge in [-0.1, -0.05) is 0 Å². The summed E-state index contributed by atoms with van der Waals surface area (Å²) in [7, 11) is 3.28. The summed E-state index contributed by atoms with van der Waals surface area (Å²) in [5, 5.41) is 0. The fourth-order valence-electron chi connectivity index (χ4n) is 1.40. The molecule has 0 atom stereocenters. The molecule has 2 rings (SSSR count). The first-order valence-corrected chi connectivity index (χ1v) is 7.69. The van der Waals surface area contributed by atoms with E-state index in [4.69, 9.17) is 15.1 Å². The van der Waals surface area contributed by atoms with E-state index in [1.54, 1.807) is 14.2 Å². The third-order valence-electron chi connectivity index (χ3n) is 2.44. The molecule has 0 N–H and O–H groups in total. The first kappa shape index (κ1) is 13.9. The van der Waals surface area contributed by atoms with Crippen LogP contribution >= 0.6 is 0 Å². The maximum absolute atomic E-state index is 5.63. The predicted molar refractivity (Wildman–Crippen MR) is 67.2 cm³/mol. The molecule has 0 saturated carbocycles. The quantitative estimate of drug-likeness (QED) is 0.812. The monoisotopic (exact) mass is 336 g/mol. The van der Waals surface area contributed by atoms with Crippen LogP contribution in [0.3, 0.4) is 0 Å². The molecule has 0 unspecified atom stereocenters. The van der Waals surface area contributed by atoms with Gasteiger partial charge < -0.3 is 0 Å². The fourth-order valence-corrected chi connectivity index (χ4v) is 2.65. The molecule has 98 valence electrons. The van der Waals surface area contributed by atoms with E-state index in [0.717, 1.165) is 23.0 Å². The summed E-state index contributed by atoms with van der Waals surface area (Å²) in [4.78, 5) is 0. The molecule has 0 aliphatic heterocycles. The summed E-state index contributed by atoms with van der Waals surface area (Å²) >= 11 is -1.39. The number of rotatable bonds is 6. The van der Waals surface area contributed by atoms with Crippen LogP contribution < -0.4 is 15.1 Å². The Kier molecular flexibility index (Phi) is 5.28. The van der Waals surface area contributed by atoms with E-state index in [2.05, 4.69) is 0 Å². The molecule has 2 aromatic carbocycles. The van der Waals surface area contributed by atoms with E-state index in [1.165, 1.54) is 0 Å². The molecule has 0 spiro atoms. The van der Waals surface area contributed by atoms with Gasteiger partial charge in [0.15, 0.2) is 0 Å². The maximum atomic E-state index is 5.63. The Labute approximate surface area is 125 Å². The number of benzene rings is 2. The van der Waals surface area contributed by atoms with Crippen LogP contribution in [0.25, 0.3) is 0 Å². The van der Waals surface area contributed by atoms with Crippen molar-refractivity contribution in [2.45, 2.75) is 0 Å². The van der Waals surface area contributed by atoms with Gasteiger partial charge in [-0.25, -0.2) is 0 Å². The molecule has 5 heteroatoms. The number of methoxy groups -OCH3 is 2. The van der Waals surface area contributed by atoms with Crippen LogP contribution in [-0.4, -0.2) is 14.2 Å². The van der Waals surface area contributed by atoms with Gasteiger partial charge >= 0.3 is 125 Å². The molecule has 0 radical (unpaired) electrons. The van der Waals surface area contributed by atoms with Crippen LogP contribution in [0.5, 0.6) is 23.0 Å². The topological polar surface area (TPSA) is 36.9 Å². The van der Waals surface area contributed by atoms with Crippen molar-refractivity contribution in [1.29, 1.82) is 0 Å². The van der Waals surface area contributed by atoms with Crippen molar-refractivity contribution in [3.63, 3.8) is 0 Å². The van der Waals surface area contributed by atoms with Crippen LogP contribution in [-0.2, 0) is 24.1 Å². The Morgan fingerprint density at radius 1 is 0.579 bits per heavy atom. The molecule has 4 nitrogen and oxygen atoms in total. The zero-order chi connectivity index (χ0) is 13.5. The Morgan fingerprint density at radius 3 is 1.21 bits per heavy atom. The zero-order valence-electron chi connectivity index (χ0n) is 10.8. The third-order valence-corrected chi connectivity index (χ3v) is 4.01. The van der Waals surface area contributed by atoms with Gasteiger partial charge in [0.25, 0.3) is 0 Å². The third kappa shape index (κ3) is 4.28. The minimum absolute atomic E-state index is 0.806. The average molecular weight is 337 g/mol. The summed E-state index contributed by atoms with van der Waals surface area (Å²) in [5.74, 6) is 3.24.